The van der Waals surface area contributed by atoms with E-state index in [2.05, 4.69) is 58.6 Å². The first-order valence-electron chi connectivity index (χ1n) is 15.9. The number of benzene rings is 2. The first kappa shape index (κ1) is 26.6. The summed E-state index contributed by atoms with van der Waals surface area (Å²) in [6.45, 7) is 1.28. The quantitative estimate of drug-likeness (QED) is 0.267. The number of hydrogen-bond donors (Lipinski definition) is 0. The van der Waals surface area contributed by atoms with Crippen molar-refractivity contribution < 1.29 is 18.4 Å². The third-order valence-corrected chi connectivity index (χ3v) is 11.6. The van der Waals surface area contributed by atoms with Crippen molar-refractivity contribution in [2.24, 2.45) is 16.7 Å². The molecule has 1 unspecified atom stereocenters. The van der Waals surface area contributed by atoms with E-state index in [1.807, 2.05) is 0 Å². The zero-order valence-electron chi connectivity index (χ0n) is 24.5. The van der Waals surface area contributed by atoms with E-state index in [4.69, 9.17) is 14.2 Å². The number of aromatic nitrogens is 2. The van der Waals surface area contributed by atoms with Gasteiger partial charge < -0.3 is 14.2 Å². The second-order valence-electron chi connectivity index (χ2n) is 14.3. The summed E-state index contributed by atoms with van der Waals surface area (Å²) in [5.74, 6) is 2.43. The highest BCUT2D eigenvalue weighted by Crippen LogP contribution is 2.62. The van der Waals surface area contributed by atoms with Gasteiger partial charge in [0, 0.05) is 30.7 Å². The van der Waals surface area contributed by atoms with E-state index in [-0.39, 0.29) is 22.7 Å². The Bertz CT molecular complexity index is 1460. The number of alkyl halides is 1. The molecule has 7 aliphatic rings. The van der Waals surface area contributed by atoms with Crippen LogP contribution in [0.4, 0.5) is 10.1 Å². The molecule has 0 N–H and O–H groups in total. The van der Waals surface area contributed by atoms with Gasteiger partial charge in [-0.3, -0.25) is 4.79 Å². The maximum absolute atomic E-state index is 14.7. The second-order valence-corrected chi connectivity index (χ2v) is 14.3. The van der Waals surface area contributed by atoms with Crippen LogP contribution in [-0.4, -0.2) is 35.9 Å². The van der Waals surface area contributed by atoms with Crippen LogP contribution in [0.15, 0.2) is 53.1 Å². The van der Waals surface area contributed by atoms with E-state index < -0.39 is 11.6 Å². The number of methoxy groups -OCH3 is 1. The Kier molecular flexibility index (Phi) is 6.15. The number of hydrogen-bond acceptors (Lipinski definition) is 5. The van der Waals surface area contributed by atoms with Gasteiger partial charge in [-0.15, -0.1) is 0 Å². The summed E-state index contributed by atoms with van der Waals surface area (Å²) in [5.41, 5.74) is 3.76. The van der Waals surface area contributed by atoms with Gasteiger partial charge in [0.15, 0.2) is 5.82 Å². The molecule has 0 spiro atoms. The molecule has 0 saturated heterocycles. The molecule has 1 aromatic heterocycles. The molecule has 4 bridgehead atoms. The number of carbonyl (C=O) groups is 1. The van der Waals surface area contributed by atoms with Gasteiger partial charge in [-0.05, 0) is 111 Å². The van der Waals surface area contributed by atoms with Crippen LogP contribution in [0.3, 0.4) is 0 Å². The van der Waals surface area contributed by atoms with Crippen LogP contribution in [0.25, 0.3) is 11.1 Å². The number of ether oxygens (including phenoxy) is 1. The number of rotatable bonds is 9. The van der Waals surface area contributed by atoms with Crippen LogP contribution in [0.5, 0.6) is 0 Å². The minimum absolute atomic E-state index is 0.0155. The van der Waals surface area contributed by atoms with Gasteiger partial charge in [-0.25, -0.2) is 4.39 Å². The molecule has 7 heteroatoms. The molecular formula is C35H40FN3O3. The van der Waals surface area contributed by atoms with Gasteiger partial charge in [-0.2, -0.15) is 4.98 Å². The topological polar surface area (TPSA) is 68.5 Å². The second kappa shape index (κ2) is 9.73. The molecule has 6 nitrogen and oxygen atoms in total. The third kappa shape index (κ3) is 4.33. The summed E-state index contributed by atoms with van der Waals surface area (Å²) in [6.07, 6.45) is 9.46. The van der Waals surface area contributed by atoms with Crippen molar-refractivity contribution in [3.63, 3.8) is 0 Å². The number of nitrogens with zero attached hydrogens (tertiary/aromatic N) is 3. The Morgan fingerprint density at radius 2 is 1.74 bits per heavy atom. The minimum atomic E-state index is -0.842. The van der Waals surface area contributed by atoms with E-state index in [0.717, 1.165) is 72.6 Å². The summed E-state index contributed by atoms with van der Waals surface area (Å²) in [5, 5.41) is 4.33. The first-order chi connectivity index (χ1) is 20.4. The Balaban J connectivity index is 1.07. The Morgan fingerprint density at radius 3 is 2.38 bits per heavy atom. The van der Waals surface area contributed by atoms with Crippen LogP contribution in [0.2, 0.25) is 0 Å². The van der Waals surface area contributed by atoms with Crippen LogP contribution in [0.1, 0.15) is 93.8 Å². The zero-order chi connectivity index (χ0) is 28.5. The Hall–Kier alpha value is -3.06. The van der Waals surface area contributed by atoms with Crippen molar-refractivity contribution in [2.75, 3.05) is 18.6 Å². The summed E-state index contributed by atoms with van der Waals surface area (Å²) in [7, 11) is 1.70. The molecule has 3 aromatic rings. The normalized spacial score (nSPS) is 33.0. The van der Waals surface area contributed by atoms with Gasteiger partial charge in [0.1, 0.15) is 6.17 Å². The summed E-state index contributed by atoms with van der Waals surface area (Å²) in [6, 6.07) is 16.8. The highest BCUT2D eigenvalue weighted by atomic mass is 19.1. The number of anilines is 1. The van der Waals surface area contributed by atoms with Gasteiger partial charge in [0.05, 0.1) is 12.0 Å². The van der Waals surface area contributed by atoms with Crippen LogP contribution >= 0.6 is 0 Å². The van der Waals surface area contributed by atoms with Crippen molar-refractivity contribution >= 4 is 11.6 Å². The molecule has 0 aliphatic heterocycles. The highest BCUT2D eigenvalue weighted by Gasteiger charge is 2.62. The molecule has 7 saturated carbocycles. The maximum atomic E-state index is 14.7. The number of halogens is 1. The van der Waals surface area contributed by atoms with Gasteiger partial charge in [-0.1, -0.05) is 41.6 Å². The van der Waals surface area contributed by atoms with Crippen molar-refractivity contribution in [1.29, 1.82) is 0 Å². The lowest BCUT2D eigenvalue weighted by atomic mass is 9.53. The Labute approximate surface area is 247 Å². The van der Waals surface area contributed by atoms with Crippen molar-refractivity contribution in [2.45, 2.75) is 94.7 Å². The predicted octanol–water partition coefficient (Wildman–Crippen LogP) is 7.52. The molecule has 1 amide bonds. The van der Waals surface area contributed by atoms with E-state index >= 15 is 0 Å². The fourth-order valence-corrected chi connectivity index (χ4v) is 8.66. The van der Waals surface area contributed by atoms with E-state index in [9.17, 15) is 9.18 Å². The minimum Gasteiger partial charge on any atom is -0.380 e. The third-order valence-electron chi connectivity index (χ3n) is 11.6. The maximum Gasteiger partial charge on any atom is 0.233 e. The van der Waals surface area contributed by atoms with Crippen molar-refractivity contribution in [3.05, 3.63) is 65.8 Å². The van der Waals surface area contributed by atoms with Gasteiger partial charge in [0.2, 0.25) is 11.8 Å². The average Bonchev–Trinajstić information content (AvgIpc) is 3.49. The summed E-state index contributed by atoms with van der Waals surface area (Å²) in [4.78, 5) is 21.4. The lowest BCUT2D eigenvalue weighted by Gasteiger charge is -2.54. The Morgan fingerprint density at radius 1 is 1.00 bits per heavy atom. The van der Waals surface area contributed by atoms with Gasteiger partial charge in [0.25, 0.3) is 0 Å². The molecule has 0 radical (unpaired) electrons. The van der Waals surface area contributed by atoms with Crippen molar-refractivity contribution in [1.82, 2.24) is 10.1 Å². The first-order valence-corrected chi connectivity index (χ1v) is 15.9. The molecule has 7 fully saturated rings. The number of amides is 1. The molecule has 2 aromatic carbocycles. The molecule has 42 heavy (non-hydrogen) atoms. The largest absolute Gasteiger partial charge is 0.380 e. The van der Waals surface area contributed by atoms with Crippen LogP contribution in [0, 0.1) is 16.7 Å². The monoisotopic (exact) mass is 569 g/mol. The van der Waals surface area contributed by atoms with E-state index in [0.29, 0.717) is 38.3 Å². The summed E-state index contributed by atoms with van der Waals surface area (Å²) >= 11 is 0. The lowest BCUT2D eigenvalue weighted by molar-refractivity contribution is -0.132. The standard InChI is InChI=1S/C35H40FN3O3/c1-41-21-23-5-7-24(8-6-23)26-3-2-4-28(17-26)39(32(40)35-18-27(19-35)29(36)20-35)22-33-11-14-34(15-12-33,16-13-33)31-37-30(38-42-31)25-9-10-25/h2-8,17,25,27,29H,9-16,18-22H2,1H3. The number of fused-ring (bicyclic) bond motifs is 4. The highest BCUT2D eigenvalue weighted by molar-refractivity contribution is 5.99. The fourth-order valence-electron chi connectivity index (χ4n) is 8.66. The fraction of sp³-hybridized carbons (Fsp3) is 0.571. The molecule has 10 rings (SSSR count). The average molecular weight is 570 g/mol. The molecule has 7 aliphatic carbocycles. The van der Waals surface area contributed by atoms with E-state index in [1.165, 1.54) is 12.8 Å². The molecule has 1 atom stereocenters. The zero-order valence-corrected chi connectivity index (χ0v) is 24.5. The SMILES string of the molecule is COCc1ccc(-c2cccc(N(CC34CCC(c5nc(C6CC6)no5)(CC3)CC4)C(=O)C34CC(F)C(C3)C4)c2)cc1. The predicted molar refractivity (Wildman–Crippen MR) is 158 cm³/mol. The molecule has 220 valence electrons. The van der Waals surface area contributed by atoms with Crippen molar-refractivity contribution in [3.8, 4) is 11.1 Å². The lowest BCUT2D eigenvalue weighted by Crippen LogP contribution is -2.54. The molecular weight excluding hydrogens is 529 g/mol. The smallest absolute Gasteiger partial charge is 0.233 e. The number of carbonyl (C=O) groups excluding carboxylic acids is 1. The van der Waals surface area contributed by atoms with Crippen LogP contribution in [-0.2, 0) is 21.6 Å². The summed E-state index contributed by atoms with van der Waals surface area (Å²) < 4.78 is 25.8. The molecule has 1 heterocycles. The van der Waals surface area contributed by atoms with Crippen LogP contribution < -0.4 is 4.90 Å². The van der Waals surface area contributed by atoms with Gasteiger partial charge >= 0.3 is 0 Å². The van der Waals surface area contributed by atoms with E-state index in [1.54, 1.807) is 7.11 Å².